The van der Waals surface area contributed by atoms with Crippen LogP contribution in [0.4, 0.5) is 0 Å². The summed E-state index contributed by atoms with van der Waals surface area (Å²) in [5.74, 6) is 2.15. The zero-order valence-electron chi connectivity index (χ0n) is 15.6. The number of amides is 1. The van der Waals surface area contributed by atoms with Crippen molar-refractivity contribution in [1.29, 1.82) is 0 Å². The molecular formula is C19H21N5O3S. The van der Waals surface area contributed by atoms with Crippen molar-refractivity contribution in [2.24, 2.45) is 0 Å². The standard InChI is InChI=1S/C19H21N5O3S/c1-3-26-14-8-6-13(7-9-14)16-17(18(25)20-11-15-5-4-10-27-15)28-19-22-21-12(2)24(19)23-16/h4-10,16-17,23H,3,11H2,1-2H3,(H,20,25)/t16-,17-/m1/s1. The van der Waals surface area contributed by atoms with Gasteiger partial charge in [-0.05, 0) is 43.7 Å². The van der Waals surface area contributed by atoms with E-state index >= 15 is 0 Å². The van der Waals surface area contributed by atoms with Gasteiger partial charge in [-0.2, -0.15) is 0 Å². The van der Waals surface area contributed by atoms with Gasteiger partial charge in [0.1, 0.15) is 22.6 Å². The number of hydrogen-bond acceptors (Lipinski definition) is 7. The van der Waals surface area contributed by atoms with Crippen molar-refractivity contribution in [1.82, 2.24) is 20.2 Å². The minimum atomic E-state index is -0.413. The smallest absolute Gasteiger partial charge is 0.236 e. The topological polar surface area (TPSA) is 94.2 Å². The molecule has 0 unspecified atom stereocenters. The molecule has 0 fully saturated rings. The summed E-state index contributed by atoms with van der Waals surface area (Å²) in [6, 6.07) is 11.2. The number of carbonyl (C=O) groups is 1. The maximum Gasteiger partial charge on any atom is 0.236 e. The van der Waals surface area contributed by atoms with Gasteiger partial charge in [-0.3, -0.25) is 4.79 Å². The van der Waals surface area contributed by atoms with Crippen LogP contribution in [-0.4, -0.2) is 32.6 Å². The van der Waals surface area contributed by atoms with Gasteiger partial charge in [-0.25, -0.2) is 4.68 Å². The first-order valence-electron chi connectivity index (χ1n) is 9.03. The molecule has 9 heteroatoms. The van der Waals surface area contributed by atoms with E-state index in [-0.39, 0.29) is 11.9 Å². The summed E-state index contributed by atoms with van der Waals surface area (Å²) in [5.41, 5.74) is 4.36. The number of carbonyl (C=O) groups excluding carboxylic acids is 1. The summed E-state index contributed by atoms with van der Waals surface area (Å²) < 4.78 is 12.6. The first kappa shape index (κ1) is 18.4. The van der Waals surface area contributed by atoms with Crippen LogP contribution in [-0.2, 0) is 11.3 Å². The molecule has 146 valence electrons. The molecule has 0 saturated carbocycles. The molecule has 8 nitrogen and oxygen atoms in total. The molecule has 0 aliphatic carbocycles. The van der Waals surface area contributed by atoms with Crippen molar-refractivity contribution in [2.75, 3.05) is 12.0 Å². The first-order chi connectivity index (χ1) is 13.7. The molecule has 1 aliphatic rings. The van der Waals surface area contributed by atoms with Crippen molar-refractivity contribution in [2.45, 2.75) is 36.8 Å². The van der Waals surface area contributed by atoms with E-state index < -0.39 is 5.25 Å². The quantitative estimate of drug-likeness (QED) is 0.658. The molecule has 0 bridgehead atoms. The molecule has 0 saturated heterocycles. The number of ether oxygens (including phenoxy) is 1. The molecule has 0 spiro atoms. The van der Waals surface area contributed by atoms with Crippen molar-refractivity contribution < 1.29 is 13.9 Å². The Morgan fingerprint density at radius 1 is 1.32 bits per heavy atom. The highest BCUT2D eigenvalue weighted by Crippen LogP contribution is 2.37. The van der Waals surface area contributed by atoms with E-state index in [2.05, 4.69) is 20.9 Å². The van der Waals surface area contributed by atoms with Crippen molar-refractivity contribution in [3.8, 4) is 5.75 Å². The SMILES string of the molecule is CCOc1ccc([C@H]2Nn3c(C)nnc3S[C@H]2C(=O)NCc2ccco2)cc1. The lowest BCUT2D eigenvalue weighted by Gasteiger charge is -2.32. The summed E-state index contributed by atoms with van der Waals surface area (Å²) >= 11 is 1.39. The van der Waals surface area contributed by atoms with Gasteiger partial charge in [-0.15, -0.1) is 10.2 Å². The van der Waals surface area contributed by atoms with E-state index in [1.165, 1.54) is 11.8 Å². The highest BCUT2D eigenvalue weighted by atomic mass is 32.2. The molecule has 2 N–H and O–H groups in total. The van der Waals surface area contributed by atoms with Crippen LogP contribution >= 0.6 is 11.8 Å². The number of nitrogens with zero attached hydrogens (tertiary/aromatic N) is 3. The Kier molecular flexibility index (Phi) is 5.25. The predicted molar refractivity (Wildman–Crippen MR) is 105 cm³/mol. The van der Waals surface area contributed by atoms with Crippen LogP contribution in [0.25, 0.3) is 0 Å². The number of nitrogens with one attached hydrogen (secondary N) is 2. The maximum atomic E-state index is 13.0. The molecule has 1 amide bonds. The van der Waals surface area contributed by atoms with Crippen molar-refractivity contribution in [3.05, 3.63) is 59.8 Å². The number of aryl methyl sites for hydroxylation is 1. The minimum absolute atomic E-state index is 0.0975. The Bertz CT molecular complexity index is 939. The van der Waals surface area contributed by atoms with E-state index in [1.807, 2.05) is 48.9 Å². The second-order valence-corrected chi connectivity index (χ2v) is 7.42. The summed E-state index contributed by atoms with van der Waals surface area (Å²) in [7, 11) is 0. The van der Waals surface area contributed by atoms with E-state index in [0.717, 1.165) is 17.1 Å². The lowest BCUT2D eigenvalue weighted by Crippen LogP contribution is -2.43. The summed E-state index contributed by atoms with van der Waals surface area (Å²) in [6.07, 6.45) is 1.59. The lowest BCUT2D eigenvalue weighted by atomic mass is 10.0. The van der Waals surface area contributed by atoms with E-state index in [0.29, 0.717) is 24.1 Å². The maximum absolute atomic E-state index is 13.0. The molecule has 0 radical (unpaired) electrons. The van der Waals surface area contributed by atoms with E-state index in [4.69, 9.17) is 9.15 Å². The minimum Gasteiger partial charge on any atom is -0.494 e. The van der Waals surface area contributed by atoms with Gasteiger partial charge in [0.25, 0.3) is 0 Å². The first-order valence-corrected chi connectivity index (χ1v) is 9.91. The third-order valence-corrected chi connectivity index (χ3v) is 5.64. The van der Waals surface area contributed by atoms with Crippen LogP contribution in [0, 0.1) is 6.92 Å². The van der Waals surface area contributed by atoms with Crippen LogP contribution in [0.1, 0.15) is 30.1 Å². The molecule has 1 aromatic carbocycles. The zero-order valence-corrected chi connectivity index (χ0v) is 16.4. The average Bonchev–Trinajstić information content (AvgIpc) is 3.36. The van der Waals surface area contributed by atoms with Gasteiger partial charge in [0.15, 0.2) is 0 Å². The third kappa shape index (κ3) is 3.70. The second kappa shape index (κ2) is 7.97. The van der Waals surface area contributed by atoms with E-state index in [9.17, 15) is 4.79 Å². The zero-order chi connectivity index (χ0) is 19.5. The molecular weight excluding hydrogens is 378 g/mol. The molecule has 28 heavy (non-hydrogen) atoms. The Hall–Kier alpha value is -2.94. The van der Waals surface area contributed by atoms with Gasteiger partial charge in [0.05, 0.1) is 25.5 Å². The van der Waals surface area contributed by atoms with Crippen LogP contribution in [0.2, 0.25) is 0 Å². The largest absolute Gasteiger partial charge is 0.494 e. The average molecular weight is 399 g/mol. The number of fused-ring (bicyclic) bond motifs is 1. The number of thioether (sulfide) groups is 1. The lowest BCUT2D eigenvalue weighted by molar-refractivity contribution is -0.121. The van der Waals surface area contributed by atoms with E-state index in [1.54, 1.807) is 12.3 Å². The van der Waals surface area contributed by atoms with Crippen molar-refractivity contribution in [3.63, 3.8) is 0 Å². The molecule has 4 rings (SSSR count). The summed E-state index contributed by atoms with van der Waals surface area (Å²) in [5, 5.41) is 11.5. The number of furan rings is 1. The number of benzene rings is 1. The number of rotatable bonds is 6. The Labute approximate surface area is 166 Å². The molecule has 2 atom stereocenters. The second-order valence-electron chi connectivity index (χ2n) is 6.31. The molecule has 3 heterocycles. The normalized spacial score (nSPS) is 18.2. The van der Waals surface area contributed by atoms with Gasteiger partial charge >= 0.3 is 0 Å². The fourth-order valence-corrected chi connectivity index (χ4v) is 4.19. The van der Waals surface area contributed by atoms with Gasteiger partial charge in [-0.1, -0.05) is 23.9 Å². The van der Waals surface area contributed by atoms with Gasteiger partial charge in [0, 0.05) is 0 Å². The Morgan fingerprint density at radius 2 is 2.14 bits per heavy atom. The number of aromatic nitrogens is 3. The predicted octanol–water partition coefficient (Wildman–Crippen LogP) is 2.65. The van der Waals surface area contributed by atoms with Crippen LogP contribution in [0.15, 0.2) is 52.2 Å². The summed E-state index contributed by atoms with van der Waals surface area (Å²) in [6.45, 7) is 4.77. The van der Waals surface area contributed by atoms with Gasteiger partial charge in [0.2, 0.25) is 11.1 Å². The fraction of sp³-hybridized carbons (Fsp3) is 0.316. The van der Waals surface area contributed by atoms with Crippen LogP contribution in [0.5, 0.6) is 5.75 Å². The Balaban J connectivity index is 1.58. The monoisotopic (exact) mass is 399 g/mol. The molecule has 1 aliphatic heterocycles. The third-order valence-electron chi connectivity index (χ3n) is 4.42. The fourth-order valence-electron chi connectivity index (χ4n) is 3.04. The van der Waals surface area contributed by atoms with Crippen LogP contribution < -0.4 is 15.5 Å². The van der Waals surface area contributed by atoms with Crippen molar-refractivity contribution >= 4 is 17.7 Å². The Morgan fingerprint density at radius 3 is 2.86 bits per heavy atom. The molecule has 3 aromatic rings. The highest BCUT2D eigenvalue weighted by Gasteiger charge is 2.37. The summed E-state index contributed by atoms with van der Waals surface area (Å²) in [4.78, 5) is 13.0. The van der Waals surface area contributed by atoms with Crippen LogP contribution in [0.3, 0.4) is 0 Å². The highest BCUT2D eigenvalue weighted by molar-refractivity contribution is 8.00. The number of hydrogen-bond donors (Lipinski definition) is 2. The van der Waals surface area contributed by atoms with Gasteiger partial charge < -0.3 is 19.9 Å². The molecule has 2 aromatic heterocycles.